The molecule has 0 aromatic heterocycles. The maximum atomic E-state index is 13.0. The molecule has 2 aliphatic rings. The fraction of sp³-hybridized carbons (Fsp3) is 0.667. The van der Waals surface area contributed by atoms with Crippen LogP contribution in [0.4, 0.5) is 0 Å². The van der Waals surface area contributed by atoms with Gasteiger partial charge in [0.1, 0.15) is 13.2 Å². The van der Waals surface area contributed by atoms with Crippen LogP contribution in [0.3, 0.4) is 0 Å². The van der Waals surface area contributed by atoms with Gasteiger partial charge in [0.15, 0.2) is 12.2 Å². The van der Waals surface area contributed by atoms with Gasteiger partial charge in [-0.1, -0.05) is 114 Å². The molecule has 0 spiro atoms. The highest BCUT2D eigenvalue weighted by atomic mass is 16.6. The summed E-state index contributed by atoms with van der Waals surface area (Å²) in [5.41, 5.74) is 4.53. The van der Waals surface area contributed by atoms with E-state index >= 15 is 0 Å². The quantitative estimate of drug-likeness (QED) is 0.110. The molecule has 2 aromatic carbocycles. The van der Waals surface area contributed by atoms with Crippen LogP contribution in [0, 0.1) is 11.8 Å². The molecule has 0 unspecified atom stereocenters. The molecule has 2 saturated carbocycles. The van der Waals surface area contributed by atoms with Crippen LogP contribution in [0.15, 0.2) is 48.5 Å². The summed E-state index contributed by atoms with van der Waals surface area (Å²) < 4.78 is 21.9. The number of methoxy groups -OCH3 is 2. The molecule has 48 heavy (non-hydrogen) atoms. The van der Waals surface area contributed by atoms with E-state index in [9.17, 15) is 9.59 Å². The smallest absolute Gasteiger partial charge is 0.338 e. The van der Waals surface area contributed by atoms with E-state index in [1.165, 1.54) is 128 Å². The second-order valence-corrected chi connectivity index (χ2v) is 14.4. The SMILES string of the molecule is CCCCC[C@H]1CC[C@H](c2ccc(COC(=O)[C@H](OC)[C@@H](OC)C(=O)OCc3ccc([C@H]4CC[C@H](CCCCC)CC4)cc3)cc2)CC1. The minimum Gasteiger partial charge on any atom is -0.459 e. The van der Waals surface area contributed by atoms with Gasteiger partial charge in [0.25, 0.3) is 0 Å². The summed E-state index contributed by atoms with van der Waals surface area (Å²) in [5, 5.41) is 0. The van der Waals surface area contributed by atoms with Crippen molar-refractivity contribution in [3.63, 3.8) is 0 Å². The number of carbonyl (C=O) groups excluding carboxylic acids is 2. The first-order valence-electron chi connectivity index (χ1n) is 19.0. The minimum atomic E-state index is -1.23. The van der Waals surface area contributed by atoms with E-state index in [-0.39, 0.29) is 13.2 Å². The van der Waals surface area contributed by atoms with E-state index < -0.39 is 24.1 Å². The lowest BCUT2D eigenvalue weighted by atomic mass is 9.77. The zero-order chi connectivity index (χ0) is 34.1. The van der Waals surface area contributed by atoms with Crippen LogP contribution < -0.4 is 0 Å². The molecular formula is C42H62O6. The standard InChI is InChI=1S/C42H62O6/c1-5-7-9-11-31-13-21-35(22-14-31)37-25-17-33(18-26-37)29-47-41(43)39(45-3)40(46-4)42(44)48-30-34-19-27-38(28-20-34)36-23-15-32(16-24-36)12-10-8-6-2/h17-20,25-28,31-32,35-36,39-40H,5-16,21-24,29-30H2,1-4H3/t31-,32-,35-,36-,39-,40-/m1/s1. The van der Waals surface area contributed by atoms with Gasteiger partial charge in [0.05, 0.1) is 0 Å². The average Bonchev–Trinajstić information content (AvgIpc) is 3.13. The van der Waals surface area contributed by atoms with Crippen LogP contribution in [0.1, 0.15) is 151 Å². The topological polar surface area (TPSA) is 71.1 Å². The third-order valence-electron chi connectivity index (χ3n) is 11.0. The van der Waals surface area contributed by atoms with Gasteiger partial charge in [-0.25, -0.2) is 9.59 Å². The molecule has 4 rings (SSSR count). The Morgan fingerprint density at radius 1 is 0.562 bits per heavy atom. The Balaban J connectivity index is 1.19. The van der Waals surface area contributed by atoms with E-state index in [1.54, 1.807) is 0 Å². The predicted molar refractivity (Wildman–Crippen MR) is 192 cm³/mol. The lowest BCUT2D eigenvalue weighted by molar-refractivity contribution is -0.179. The highest BCUT2D eigenvalue weighted by Crippen LogP contribution is 2.39. The van der Waals surface area contributed by atoms with Gasteiger partial charge in [-0.2, -0.15) is 0 Å². The predicted octanol–water partition coefficient (Wildman–Crippen LogP) is 10.2. The molecule has 6 heteroatoms. The molecule has 0 amide bonds. The third kappa shape index (κ3) is 11.7. The summed E-state index contributed by atoms with van der Waals surface area (Å²) in [4.78, 5) is 26.0. The molecule has 2 atom stereocenters. The van der Waals surface area contributed by atoms with Crippen LogP contribution in [0.5, 0.6) is 0 Å². The second-order valence-electron chi connectivity index (χ2n) is 14.4. The molecule has 0 heterocycles. The second kappa shape index (κ2) is 20.7. The highest BCUT2D eigenvalue weighted by molar-refractivity contribution is 5.85. The first-order chi connectivity index (χ1) is 23.4. The monoisotopic (exact) mass is 662 g/mol. The van der Waals surface area contributed by atoms with Crippen molar-refractivity contribution in [2.24, 2.45) is 11.8 Å². The highest BCUT2D eigenvalue weighted by Gasteiger charge is 2.37. The van der Waals surface area contributed by atoms with Gasteiger partial charge >= 0.3 is 11.9 Å². The Labute approximate surface area is 290 Å². The molecule has 2 aromatic rings. The number of unbranched alkanes of at least 4 members (excludes halogenated alkanes) is 4. The van der Waals surface area contributed by atoms with Gasteiger partial charge in [-0.15, -0.1) is 0 Å². The van der Waals surface area contributed by atoms with Crippen molar-refractivity contribution in [2.75, 3.05) is 14.2 Å². The molecule has 6 nitrogen and oxygen atoms in total. The Hall–Kier alpha value is -2.70. The fourth-order valence-corrected chi connectivity index (χ4v) is 7.87. The summed E-state index contributed by atoms with van der Waals surface area (Å²) in [6.07, 6.45) is 18.6. The van der Waals surface area contributed by atoms with Crippen molar-refractivity contribution in [3.8, 4) is 0 Å². The lowest BCUT2D eigenvalue weighted by Crippen LogP contribution is -2.44. The third-order valence-corrected chi connectivity index (χ3v) is 11.0. The summed E-state index contributed by atoms with van der Waals surface area (Å²) in [6, 6.07) is 16.8. The maximum Gasteiger partial charge on any atom is 0.338 e. The molecule has 0 saturated heterocycles. The minimum absolute atomic E-state index is 0.0987. The van der Waals surface area contributed by atoms with Crippen molar-refractivity contribution in [1.29, 1.82) is 0 Å². The maximum absolute atomic E-state index is 13.0. The van der Waals surface area contributed by atoms with Crippen LogP contribution in [0.2, 0.25) is 0 Å². The van der Waals surface area contributed by atoms with Crippen LogP contribution in [0.25, 0.3) is 0 Å². The van der Waals surface area contributed by atoms with E-state index in [0.29, 0.717) is 11.8 Å². The van der Waals surface area contributed by atoms with Gasteiger partial charge in [0, 0.05) is 14.2 Å². The van der Waals surface area contributed by atoms with Gasteiger partial charge in [-0.05, 0) is 97.3 Å². The van der Waals surface area contributed by atoms with Crippen LogP contribution in [-0.2, 0) is 41.8 Å². The molecule has 2 aliphatic carbocycles. The zero-order valence-corrected chi connectivity index (χ0v) is 30.3. The number of benzene rings is 2. The molecule has 0 radical (unpaired) electrons. The Bertz CT molecular complexity index is 1100. The van der Waals surface area contributed by atoms with Crippen molar-refractivity contribution in [3.05, 3.63) is 70.8 Å². The van der Waals surface area contributed by atoms with Gasteiger partial charge in [-0.3, -0.25) is 0 Å². The lowest BCUT2D eigenvalue weighted by Gasteiger charge is -2.29. The summed E-state index contributed by atoms with van der Waals surface area (Å²) >= 11 is 0. The number of carbonyl (C=O) groups is 2. The number of hydrogen-bond acceptors (Lipinski definition) is 6. The summed E-state index contributed by atoms with van der Waals surface area (Å²) in [6.45, 7) is 4.74. The van der Waals surface area contributed by atoms with Gasteiger partial charge in [0.2, 0.25) is 0 Å². The van der Waals surface area contributed by atoms with E-state index in [4.69, 9.17) is 18.9 Å². The van der Waals surface area contributed by atoms with E-state index in [2.05, 4.69) is 38.1 Å². The molecule has 2 fully saturated rings. The average molecular weight is 663 g/mol. The summed E-state index contributed by atoms with van der Waals surface area (Å²) in [7, 11) is 2.74. The van der Waals surface area contributed by atoms with Crippen molar-refractivity contribution < 1.29 is 28.5 Å². The molecule has 0 N–H and O–H groups in total. The molecule has 0 bridgehead atoms. The number of ether oxygens (including phenoxy) is 4. The van der Waals surface area contributed by atoms with E-state index in [1.807, 2.05) is 24.3 Å². The number of rotatable bonds is 19. The van der Waals surface area contributed by atoms with Crippen molar-refractivity contribution in [1.82, 2.24) is 0 Å². The first kappa shape index (κ1) is 38.1. The van der Waals surface area contributed by atoms with Crippen molar-refractivity contribution >= 4 is 11.9 Å². The fourth-order valence-electron chi connectivity index (χ4n) is 7.87. The largest absolute Gasteiger partial charge is 0.459 e. The van der Waals surface area contributed by atoms with Crippen molar-refractivity contribution in [2.45, 2.75) is 154 Å². The van der Waals surface area contributed by atoms with Gasteiger partial charge < -0.3 is 18.9 Å². The Morgan fingerprint density at radius 3 is 1.23 bits per heavy atom. The Kier molecular flexibility index (Phi) is 16.5. The normalized spacial score (nSPS) is 22.5. The zero-order valence-electron chi connectivity index (χ0n) is 30.3. The van der Waals surface area contributed by atoms with Crippen LogP contribution >= 0.6 is 0 Å². The number of esters is 2. The molecule has 266 valence electrons. The summed E-state index contributed by atoms with van der Waals surface area (Å²) in [5.74, 6) is 1.68. The molecule has 0 aliphatic heterocycles. The Morgan fingerprint density at radius 2 is 0.917 bits per heavy atom. The van der Waals surface area contributed by atoms with Crippen LogP contribution in [-0.4, -0.2) is 38.4 Å². The first-order valence-corrected chi connectivity index (χ1v) is 19.0. The number of hydrogen-bond donors (Lipinski definition) is 0. The molecular weight excluding hydrogens is 600 g/mol. The van der Waals surface area contributed by atoms with E-state index in [0.717, 1.165) is 23.0 Å².